The number of carbonyl (C=O) groups excluding carboxylic acids is 1. The third-order valence-corrected chi connectivity index (χ3v) is 5.44. The molecule has 0 saturated carbocycles. The van der Waals surface area contributed by atoms with E-state index >= 15 is 0 Å². The van der Waals surface area contributed by atoms with Gasteiger partial charge in [-0.05, 0) is 50.1 Å². The van der Waals surface area contributed by atoms with Gasteiger partial charge in [-0.3, -0.25) is 4.79 Å². The summed E-state index contributed by atoms with van der Waals surface area (Å²) >= 11 is 0. The topological polar surface area (TPSA) is 54.5 Å². The molecular weight excluding hydrogens is 298 g/mol. The number of sulfonamides is 1. The average Bonchev–Trinajstić information content (AvgIpc) is 2.43. The van der Waals surface area contributed by atoms with Crippen molar-refractivity contribution in [3.8, 4) is 0 Å². The van der Waals surface area contributed by atoms with Gasteiger partial charge in [0.2, 0.25) is 5.91 Å². The van der Waals surface area contributed by atoms with Gasteiger partial charge in [-0.1, -0.05) is 29.8 Å². The van der Waals surface area contributed by atoms with Crippen molar-refractivity contribution >= 4 is 21.6 Å². The highest BCUT2D eigenvalue weighted by Crippen LogP contribution is 2.28. The summed E-state index contributed by atoms with van der Waals surface area (Å²) in [4.78, 5) is 12.1. The fourth-order valence-electron chi connectivity index (χ4n) is 2.24. The zero-order chi connectivity index (χ0) is 16.5. The lowest BCUT2D eigenvalue weighted by Crippen LogP contribution is -2.35. The molecule has 0 aliphatic carbocycles. The number of rotatable bonds is 3. The van der Waals surface area contributed by atoms with E-state index in [1.165, 1.54) is 19.1 Å². The molecule has 0 aromatic heterocycles. The van der Waals surface area contributed by atoms with E-state index < -0.39 is 15.9 Å². The summed E-state index contributed by atoms with van der Waals surface area (Å²) in [5.41, 5.74) is 3.06. The van der Waals surface area contributed by atoms with E-state index in [1.54, 1.807) is 24.3 Å². The van der Waals surface area contributed by atoms with Gasteiger partial charge < -0.3 is 0 Å². The lowest BCUT2D eigenvalue weighted by Gasteiger charge is -2.23. The third kappa shape index (κ3) is 2.90. The Balaban J connectivity index is 2.64. The highest BCUT2D eigenvalue weighted by Gasteiger charge is 2.29. The maximum atomic E-state index is 12.9. The number of hydrogen-bond donors (Lipinski definition) is 0. The normalized spacial score (nSPS) is 11.3. The molecule has 2 aromatic rings. The molecule has 22 heavy (non-hydrogen) atoms. The second-order valence-electron chi connectivity index (χ2n) is 5.32. The van der Waals surface area contributed by atoms with E-state index in [0.717, 1.165) is 21.0 Å². The van der Waals surface area contributed by atoms with Crippen molar-refractivity contribution in [3.05, 3.63) is 59.2 Å². The standard InChI is InChI=1S/C17H19NO3S/c1-12-8-10-16(11-9-12)22(20,21)18(15(4)19)17-7-5-6-13(2)14(17)3/h5-11H,1-4H3. The van der Waals surface area contributed by atoms with Crippen molar-refractivity contribution in [2.75, 3.05) is 4.31 Å². The average molecular weight is 317 g/mol. The van der Waals surface area contributed by atoms with Crippen LogP contribution in [0.1, 0.15) is 23.6 Å². The molecule has 2 rings (SSSR count). The summed E-state index contributed by atoms with van der Waals surface area (Å²) in [5, 5.41) is 0. The zero-order valence-corrected chi connectivity index (χ0v) is 13.9. The van der Waals surface area contributed by atoms with Crippen molar-refractivity contribution in [2.24, 2.45) is 0 Å². The first-order chi connectivity index (χ1) is 10.2. The molecule has 4 nitrogen and oxygen atoms in total. The van der Waals surface area contributed by atoms with Gasteiger partial charge in [0, 0.05) is 6.92 Å². The van der Waals surface area contributed by atoms with Gasteiger partial charge in [0.25, 0.3) is 10.0 Å². The fraction of sp³-hybridized carbons (Fsp3) is 0.235. The van der Waals surface area contributed by atoms with Gasteiger partial charge in [-0.15, -0.1) is 0 Å². The van der Waals surface area contributed by atoms with Gasteiger partial charge in [0.05, 0.1) is 10.6 Å². The summed E-state index contributed by atoms with van der Waals surface area (Å²) in [6.07, 6.45) is 0. The maximum Gasteiger partial charge on any atom is 0.270 e. The van der Waals surface area contributed by atoms with Crippen LogP contribution in [0, 0.1) is 20.8 Å². The van der Waals surface area contributed by atoms with Gasteiger partial charge in [-0.25, -0.2) is 12.7 Å². The van der Waals surface area contributed by atoms with E-state index in [-0.39, 0.29) is 4.90 Å². The Morgan fingerprint density at radius 2 is 1.55 bits per heavy atom. The predicted molar refractivity (Wildman–Crippen MR) is 87.4 cm³/mol. The van der Waals surface area contributed by atoms with Crippen LogP contribution in [-0.4, -0.2) is 14.3 Å². The smallest absolute Gasteiger partial charge is 0.270 e. The molecule has 0 heterocycles. The number of nitrogens with zero attached hydrogens (tertiary/aromatic N) is 1. The molecule has 0 saturated heterocycles. The Morgan fingerprint density at radius 3 is 2.09 bits per heavy atom. The second kappa shape index (κ2) is 5.93. The van der Waals surface area contributed by atoms with Crippen LogP contribution in [0.5, 0.6) is 0 Å². The van der Waals surface area contributed by atoms with E-state index in [4.69, 9.17) is 0 Å². The molecule has 0 radical (unpaired) electrons. The van der Waals surface area contributed by atoms with Crippen molar-refractivity contribution < 1.29 is 13.2 Å². The van der Waals surface area contributed by atoms with Crippen molar-refractivity contribution in [2.45, 2.75) is 32.6 Å². The number of amides is 1. The van der Waals surface area contributed by atoms with E-state index in [0.29, 0.717) is 5.69 Å². The number of hydrogen-bond acceptors (Lipinski definition) is 3. The highest BCUT2D eigenvalue weighted by atomic mass is 32.2. The Hall–Kier alpha value is -2.14. The van der Waals surface area contributed by atoms with Crippen molar-refractivity contribution in [3.63, 3.8) is 0 Å². The molecule has 2 aromatic carbocycles. The molecule has 0 unspecified atom stereocenters. The van der Waals surface area contributed by atoms with E-state index in [9.17, 15) is 13.2 Å². The highest BCUT2D eigenvalue weighted by molar-refractivity contribution is 7.93. The van der Waals surface area contributed by atoms with Crippen LogP contribution in [0.3, 0.4) is 0 Å². The summed E-state index contributed by atoms with van der Waals surface area (Å²) in [7, 11) is -3.93. The molecule has 0 aliphatic heterocycles. The fourth-order valence-corrected chi connectivity index (χ4v) is 3.73. The molecule has 5 heteroatoms. The molecule has 0 bridgehead atoms. The first-order valence-electron chi connectivity index (χ1n) is 6.94. The molecule has 0 aliphatic rings. The van der Waals surface area contributed by atoms with Crippen LogP contribution >= 0.6 is 0 Å². The van der Waals surface area contributed by atoms with Gasteiger partial charge in [0.15, 0.2) is 0 Å². The van der Waals surface area contributed by atoms with Crippen LogP contribution in [0.2, 0.25) is 0 Å². The lowest BCUT2D eigenvalue weighted by atomic mass is 10.1. The molecule has 0 fully saturated rings. The zero-order valence-electron chi connectivity index (χ0n) is 13.1. The van der Waals surface area contributed by atoms with Gasteiger partial charge in [-0.2, -0.15) is 0 Å². The minimum absolute atomic E-state index is 0.106. The summed E-state index contributed by atoms with van der Waals surface area (Å²) < 4.78 is 26.6. The molecule has 0 N–H and O–H groups in total. The van der Waals surface area contributed by atoms with Crippen LogP contribution in [0.4, 0.5) is 5.69 Å². The first-order valence-corrected chi connectivity index (χ1v) is 8.38. The monoisotopic (exact) mass is 317 g/mol. The Labute approximate surface area is 131 Å². The molecular formula is C17H19NO3S. The summed E-state index contributed by atoms with van der Waals surface area (Å²) in [5.74, 6) is -0.533. The van der Waals surface area contributed by atoms with E-state index in [1.807, 2.05) is 26.8 Å². The Kier molecular flexibility index (Phi) is 4.37. The van der Waals surface area contributed by atoms with Crippen LogP contribution < -0.4 is 4.31 Å². The molecule has 0 atom stereocenters. The molecule has 116 valence electrons. The number of aryl methyl sites for hydroxylation is 2. The third-order valence-electron chi connectivity index (χ3n) is 3.64. The minimum Gasteiger partial charge on any atom is -0.274 e. The number of carbonyl (C=O) groups is 1. The number of benzene rings is 2. The molecule has 0 spiro atoms. The minimum atomic E-state index is -3.93. The SMILES string of the molecule is CC(=O)N(c1cccc(C)c1C)S(=O)(=O)c1ccc(C)cc1. The van der Waals surface area contributed by atoms with Gasteiger partial charge in [0.1, 0.15) is 0 Å². The van der Waals surface area contributed by atoms with Crippen LogP contribution in [0.25, 0.3) is 0 Å². The van der Waals surface area contributed by atoms with Crippen LogP contribution in [0.15, 0.2) is 47.4 Å². The quantitative estimate of drug-likeness (QED) is 0.872. The second-order valence-corrected chi connectivity index (χ2v) is 7.11. The van der Waals surface area contributed by atoms with Crippen molar-refractivity contribution in [1.29, 1.82) is 0 Å². The first kappa shape index (κ1) is 16.2. The number of anilines is 1. The van der Waals surface area contributed by atoms with Crippen LogP contribution in [-0.2, 0) is 14.8 Å². The Morgan fingerprint density at radius 1 is 0.955 bits per heavy atom. The predicted octanol–water partition coefficient (Wildman–Crippen LogP) is 3.35. The summed E-state index contributed by atoms with van der Waals surface area (Å²) in [6, 6.07) is 11.8. The largest absolute Gasteiger partial charge is 0.274 e. The van der Waals surface area contributed by atoms with Crippen molar-refractivity contribution in [1.82, 2.24) is 0 Å². The summed E-state index contributed by atoms with van der Waals surface area (Å²) in [6.45, 7) is 6.83. The lowest BCUT2D eigenvalue weighted by molar-refractivity contribution is -0.115. The molecule has 1 amide bonds. The van der Waals surface area contributed by atoms with E-state index in [2.05, 4.69) is 0 Å². The maximum absolute atomic E-state index is 12.9. The van der Waals surface area contributed by atoms with Gasteiger partial charge >= 0.3 is 0 Å². The Bertz CT molecular complexity index is 808.